The van der Waals surface area contributed by atoms with Crippen LogP contribution in [0, 0.1) is 6.92 Å². The number of hydrogen-bond acceptors (Lipinski definition) is 8. The monoisotopic (exact) mass is 446 g/mol. The van der Waals surface area contributed by atoms with Crippen LogP contribution in [0.1, 0.15) is 17.4 Å². The van der Waals surface area contributed by atoms with Crippen molar-refractivity contribution in [2.75, 3.05) is 19.7 Å². The molecule has 1 aromatic carbocycles. The summed E-state index contributed by atoms with van der Waals surface area (Å²) in [5.74, 6) is -0.203. The Morgan fingerprint density at radius 2 is 1.87 bits per heavy atom. The molecule has 1 aliphatic heterocycles. The van der Waals surface area contributed by atoms with Gasteiger partial charge in [-0.3, -0.25) is 13.9 Å². The van der Waals surface area contributed by atoms with Crippen molar-refractivity contribution >= 4 is 21.2 Å². The van der Waals surface area contributed by atoms with Crippen LogP contribution in [0.25, 0.3) is 11.0 Å². The van der Waals surface area contributed by atoms with Crippen LogP contribution in [0.5, 0.6) is 5.75 Å². The lowest BCUT2D eigenvalue weighted by Crippen LogP contribution is -2.38. The Hall–Kier alpha value is -3.02. The second-order valence-electron chi connectivity index (χ2n) is 7.36. The lowest BCUT2D eigenvalue weighted by Gasteiger charge is -2.24. The van der Waals surface area contributed by atoms with E-state index in [1.54, 1.807) is 12.1 Å². The van der Waals surface area contributed by atoms with Crippen molar-refractivity contribution < 1.29 is 17.3 Å². The van der Waals surface area contributed by atoms with E-state index in [1.807, 2.05) is 6.92 Å². The maximum atomic E-state index is 12.9. The fourth-order valence-corrected chi connectivity index (χ4v) is 4.33. The topological polar surface area (TPSA) is 122 Å². The van der Waals surface area contributed by atoms with Gasteiger partial charge >= 0.3 is 15.8 Å². The summed E-state index contributed by atoms with van der Waals surface area (Å²) in [6.07, 6.45) is -0.485. The molecule has 164 valence electrons. The van der Waals surface area contributed by atoms with Crippen molar-refractivity contribution in [3.05, 3.63) is 62.4 Å². The van der Waals surface area contributed by atoms with E-state index >= 15 is 0 Å². The molecule has 1 aliphatic rings. The number of pyridine rings is 1. The quantitative estimate of drug-likeness (QED) is 0.571. The first-order chi connectivity index (χ1) is 14.7. The minimum atomic E-state index is -4.24. The van der Waals surface area contributed by atoms with Crippen LogP contribution < -0.4 is 20.7 Å². The standard InChI is InChI=1S/C20H22N4O6S/c1-12-4-6-13(7-5-12)31(27,28)30-15-10-14(16-11-21-8-9-29-16)22-18-17(15)19(25)24(3)20(26)23(18)2/h4-7,10,16,21H,8-9,11H2,1-3H3. The van der Waals surface area contributed by atoms with Gasteiger partial charge in [0.1, 0.15) is 16.4 Å². The van der Waals surface area contributed by atoms with Gasteiger partial charge in [-0.25, -0.2) is 9.78 Å². The summed E-state index contributed by atoms with van der Waals surface area (Å²) in [5.41, 5.74) is -0.0153. The maximum absolute atomic E-state index is 12.9. The molecule has 1 N–H and O–H groups in total. The molecule has 0 aliphatic carbocycles. The number of fused-ring (bicyclic) bond motifs is 1. The largest absolute Gasteiger partial charge is 0.378 e. The van der Waals surface area contributed by atoms with E-state index in [-0.39, 0.29) is 21.7 Å². The minimum Gasteiger partial charge on any atom is -0.378 e. The first-order valence-corrected chi connectivity index (χ1v) is 11.0. The van der Waals surface area contributed by atoms with Crippen LogP contribution in [-0.4, -0.2) is 42.2 Å². The minimum absolute atomic E-state index is 0.0221. The molecule has 0 amide bonds. The van der Waals surface area contributed by atoms with Crippen LogP contribution in [0.2, 0.25) is 0 Å². The van der Waals surface area contributed by atoms with Gasteiger partial charge in [0.25, 0.3) is 5.56 Å². The number of ether oxygens (including phenoxy) is 1. The first kappa shape index (κ1) is 21.2. The Kier molecular flexibility index (Phi) is 5.42. The summed E-state index contributed by atoms with van der Waals surface area (Å²) in [6, 6.07) is 7.54. The van der Waals surface area contributed by atoms with Crippen LogP contribution in [0.15, 0.2) is 44.8 Å². The predicted octanol–water partition coefficient (Wildman–Crippen LogP) is 0.369. The van der Waals surface area contributed by atoms with Gasteiger partial charge in [-0.15, -0.1) is 0 Å². The zero-order valence-electron chi connectivity index (χ0n) is 17.3. The van der Waals surface area contributed by atoms with Crippen molar-refractivity contribution in [3.8, 4) is 5.75 Å². The Bertz CT molecular complexity index is 1370. The third-order valence-corrected chi connectivity index (χ3v) is 6.41. The molecular formula is C20H22N4O6S. The SMILES string of the molecule is Cc1ccc(S(=O)(=O)Oc2cc(C3CNCCO3)nc3c2c(=O)n(C)c(=O)n3C)cc1. The zero-order valence-corrected chi connectivity index (χ0v) is 18.1. The molecule has 31 heavy (non-hydrogen) atoms. The zero-order chi connectivity index (χ0) is 22.3. The number of morpholine rings is 1. The average molecular weight is 446 g/mol. The molecule has 0 saturated carbocycles. The highest BCUT2D eigenvalue weighted by atomic mass is 32.2. The third kappa shape index (κ3) is 3.87. The summed E-state index contributed by atoms with van der Waals surface area (Å²) >= 11 is 0. The van der Waals surface area contributed by atoms with Crippen molar-refractivity contribution in [1.82, 2.24) is 19.4 Å². The molecule has 10 nitrogen and oxygen atoms in total. The molecule has 0 bridgehead atoms. The molecule has 3 heterocycles. The second-order valence-corrected chi connectivity index (χ2v) is 8.91. The maximum Gasteiger partial charge on any atom is 0.339 e. The molecule has 0 radical (unpaired) electrons. The van der Waals surface area contributed by atoms with Gasteiger partial charge in [-0.1, -0.05) is 17.7 Å². The molecule has 2 aromatic heterocycles. The first-order valence-electron chi connectivity index (χ1n) is 9.63. The van der Waals surface area contributed by atoms with Crippen LogP contribution in [0.4, 0.5) is 0 Å². The van der Waals surface area contributed by atoms with Gasteiger partial charge < -0.3 is 14.2 Å². The fourth-order valence-electron chi connectivity index (χ4n) is 3.40. The normalized spacial score (nSPS) is 17.1. The lowest BCUT2D eigenvalue weighted by atomic mass is 10.1. The third-order valence-electron chi connectivity index (χ3n) is 5.16. The Morgan fingerprint density at radius 1 is 1.16 bits per heavy atom. The van der Waals surface area contributed by atoms with Crippen molar-refractivity contribution in [2.24, 2.45) is 14.1 Å². The average Bonchev–Trinajstić information content (AvgIpc) is 2.76. The van der Waals surface area contributed by atoms with Gasteiger partial charge in [0.15, 0.2) is 11.4 Å². The number of hydrogen-bond donors (Lipinski definition) is 1. The van der Waals surface area contributed by atoms with Crippen molar-refractivity contribution in [1.29, 1.82) is 0 Å². The van der Waals surface area contributed by atoms with E-state index < -0.39 is 27.5 Å². The van der Waals surface area contributed by atoms with E-state index in [1.165, 1.54) is 36.9 Å². The summed E-state index contributed by atoms with van der Waals surface area (Å²) in [6.45, 7) is 3.40. The number of aromatic nitrogens is 3. The Balaban J connectivity index is 1.94. The number of nitrogens with one attached hydrogen (secondary N) is 1. The molecule has 1 fully saturated rings. The molecule has 1 atom stereocenters. The Morgan fingerprint density at radius 3 is 2.52 bits per heavy atom. The molecule has 1 saturated heterocycles. The van der Waals surface area contributed by atoms with Crippen LogP contribution >= 0.6 is 0 Å². The molecule has 4 rings (SSSR count). The fraction of sp³-hybridized carbons (Fsp3) is 0.350. The highest BCUT2D eigenvalue weighted by Crippen LogP contribution is 2.29. The van der Waals surface area contributed by atoms with Gasteiger partial charge in [0.05, 0.1) is 12.3 Å². The number of nitrogens with zero attached hydrogens (tertiary/aromatic N) is 3. The molecule has 11 heteroatoms. The lowest BCUT2D eigenvalue weighted by molar-refractivity contribution is 0.0251. The van der Waals surface area contributed by atoms with E-state index in [9.17, 15) is 18.0 Å². The van der Waals surface area contributed by atoms with Gasteiger partial charge in [0, 0.05) is 33.3 Å². The molecule has 3 aromatic rings. The highest BCUT2D eigenvalue weighted by molar-refractivity contribution is 7.87. The smallest absolute Gasteiger partial charge is 0.339 e. The second kappa shape index (κ2) is 7.91. The van der Waals surface area contributed by atoms with Gasteiger partial charge in [0.2, 0.25) is 0 Å². The summed E-state index contributed by atoms with van der Waals surface area (Å²) in [4.78, 5) is 29.7. The van der Waals surface area contributed by atoms with E-state index in [0.29, 0.717) is 25.4 Å². The van der Waals surface area contributed by atoms with Crippen LogP contribution in [0.3, 0.4) is 0 Å². The number of aryl methyl sites for hydroxylation is 2. The van der Waals surface area contributed by atoms with Crippen LogP contribution in [-0.2, 0) is 29.0 Å². The van der Waals surface area contributed by atoms with Gasteiger partial charge in [-0.2, -0.15) is 8.42 Å². The summed E-state index contributed by atoms with van der Waals surface area (Å²) in [7, 11) is -1.47. The number of rotatable bonds is 4. The molecule has 1 unspecified atom stereocenters. The molecule has 0 spiro atoms. The highest BCUT2D eigenvalue weighted by Gasteiger charge is 2.26. The number of benzene rings is 1. The molecular weight excluding hydrogens is 424 g/mol. The summed E-state index contributed by atoms with van der Waals surface area (Å²) in [5, 5.41) is 3.06. The van der Waals surface area contributed by atoms with Crippen molar-refractivity contribution in [3.63, 3.8) is 0 Å². The Labute approximate surface area is 178 Å². The van der Waals surface area contributed by atoms with E-state index in [0.717, 1.165) is 10.1 Å². The van der Waals surface area contributed by atoms with Crippen molar-refractivity contribution in [2.45, 2.75) is 17.9 Å². The predicted molar refractivity (Wildman–Crippen MR) is 113 cm³/mol. The van der Waals surface area contributed by atoms with E-state index in [2.05, 4.69) is 10.3 Å². The summed E-state index contributed by atoms with van der Waals surface area (Å²) < 4.78 is 39.1. The van der Waals surface area contributed by atoms with Gasteiger partial charge in [-0.05, 0) is 19.1 Å². The van der Waals surface area contributed by atoms with E-state index in [4.69, 9.17) is 8.92 Å².